The van der Waals surface area contributed by atoms with Gasteiger partial charge < -0.3 is 15.6 Å². The Morgan fingerprint density at radius 2 is 1.97 bits per heavy atom. The second-order valence-corrected chi connectivity index (χ2v) is 7.38. The maximum absolute atomic E-state index is 13.7. The van der Waals surface area contributed by atoms with Gasteiger partial charge in [0.2, 0.25) is 0 Å². The van der Waals surface area contributed by atoms with Crippen LogP contribution in [0.25, 0.3) is 29.0 Å². The quantitative estimate of drug-likeness (QED) is 0.448. The molecule has 0 spiro atoms. The Morgan fingerprint density at radius 3 is 2.61 bits per heavy atom. The van der Waals surface area contributed by atoms with E-state index in [0.29, 0.717) is 33.8 Å². The lowest BCUT2D eigenvalue weighted by Gasteiger charge is -2.23. The minimum Gasteiger partial charge on any atom is -0.373 e. The minimum absolute atomic E-state index is 0.0758. The average Bonchev–Trinajstić information content (AvgIpc) is 3.21. The van der Waals surface area contributed by atoms with Crippen LogP contribution in [-0.2, 0) is 0 Å². The molecule has 0 radical (unpaired) electrons. The van der Waals surface area contributed by atoms with E-state index < -0.39 is 0 Å². The van der Waals surface area contributed by atoms with E-state index in [1.165, 1.54) is 0 Å². The van der Waals surface area contributed by atoms with Crippen LogP contribution < -0.4 is 26.9 Å². The van der Waals surface area contributed by atoms with E-state index in [9.17, 15) is 4.79 Å². The summed E-state index contributed by atoms with van der Waals surface area (Å²) < 4.78 is 1.71. The molecule has 4 rings (SSSR count). The van der Waals surface area contributed by atoms with Gasteiger partial charge in [0.05, 0.1) is 34.3 Å². The first-order valence-electron chi connectivity index (χ1n) is 10.3. The number of hydrogen-bond acceptors (Lipinski definition) is 5. The van der Waals surface area contributed by atoms with Crippen LogP contribution in [0.1, 0.15) is 30.8 Å². The van der Waals surface area contributed by atoms with Gasteiger partial charge in [-0.15, -0.1) is 0 Å². The van der Waals surface area contributed by atoms with Crippen LogP contribution in [0, 0.1) is 6.92 Å². The third kappa shape index (κ3) is 3.70. The fraction of sp³-hybridized carbons (Fsp3) is 0.208. The highest BCUT2D eigenvalue weighted by molar-refractivity contribution is 5.81. The highest BCUT2D eigenvalue weighted by Crippen LogP contribution is 2.22. The zero-order chi connectivity index (χ0) is 22.0. The number of para-hydroxylation sites is 1. The second-order valence-electron chi connectivity index (χ2n) is 7.38. The van der Waals surface area contributed by atoms with Crippen LogP contribution in [0.5, 0.6) is 0 Å². The molecule has 0 amide bonds. The van der Waals surface area contributed by atoms with Gasteiger partial charge >= 0.3 is 0 Å². The molecule has 4 aromatic rings. The van der Waals surface area contributed by atoms with Crippen molar-refractivity contribution in [2.24, 2.45) is 0 Å². The summed E-state index contributed by atoms with van der Waals surface area (Å²) in [6, 6.07) is 15.1. The van der Waals surface area contributed by atoms with Crippen LogP contribution >= 0.6 is 0 Å². The summed E-state index contributed by atoms with van der Waals surface area (Å²) in [5.74, 6) is 1.36. The molecule has 2 aromatic heterocycles. The Balaban J connectivity index is 1.98. The van der Waals surface area contributed by atoms with E-state index in [1.54, 1.807) is 10.9 Å². The molecular formula is C24H26N6O. The summed E-state index contributed by atoms with van der Waals surface area (Å²) in [6.07, 6.45) is 2.31. The molecule has 0 aliphatic carbocycles. The first-order valence-corrected chi connectivity index (χ1v) is 10.3. The highest BCUT2D eigenvalue weighted by atomic mass is 16.1. The number of hydrogen-bond donors (Lipinski definition) is 3. The third-order valence-electron chi connectivity index (χ3n) is 5.39. The maximum atomic E-state index is 13.7. The molecule has 1 unspecified atom stereocenters. The standard InChI is InChI=1S/C24H26N6O/c1-5-18(28-22(25-4)21-16(3)26-14-27-21)23-29-19-13-9-10-15(2)20(19)24(31)30(23)17-11-7-6-8-12-17/h6-14,18,25,28H,3,5H2,1-2,4H3,(H,26,27)/b22-21-. The molecule has 0 saturated heterocycles. The molecule has 0 aliphatic heterocycles. The van der Waals surface area contributed by atoms with E-state index in [1.807, 2.05) is 62.5 Å². The number of fused-ring (bicyclic) bond motifs is 1. The van der Waals surface area contributed by atoms with E-state index in [2.05, 4.69) is 34.1 Å². The first kappa shape index (κ1) is 20.4. The highest BCUT2D eigenvalue weighted by Gasteiger charge is 2.21. The molecule has 1 atom stereocenters. The van der Waals surface area contributed by atoms with E-state index in [0.717, 1.165) is 17.1 Å². The Hall–Kier alpha value is -3.87. The number of aromatic nitrogens is 4. The molecule has 7 nitrogen and oxygen atoms in total. The molecule has 2 aromatic carbocycles. The van der Waals surface area contributed by atoms with Gasteiger partial charge in [0, 0.05) is 7.05 Å². The lowest BCUT2D eigenvalue weighted by atomic mass is 10.1. The van der Waals surface area contributed by atoms with Crippen molar-refractivity contribution in [3.05, 3.63) is 87.3 Å². The normalized spacial score (nSPS) is 13.1. The number of rotatable bonds is 6. The molecule has 0 bridgehead atoms. The van der Waals surface area contributed by atoms with Crippen LogP contribution in [0.4, 0.5) is 0 Å². The van der Waals surface area contributed by atoms with Crippen LogP contribution in [0.3, 0.4) is 0 Å². The maximum Gasteiger partial charge on any atom is 0.266 e. The van der Waals surface area contributed by atoms with Crippen molar-refractivity contribution in [3.63, 3.8) is 0 Å². The molecule has 3 N–H and O–H groups in total. The number of H-pyrrole nitrogens is 1. The Bertz CT molecular complexity index is 1390. The Kier molecular flexibility index (Phi) is 5.58. The van der Waals surface area contributed by atoms with Gasteiger partial charge in [-0.2, -0.15) is 0 Å². The monoisotopic (exact) mass is 414 g/mol. The van der Waals surface area contributed by atoms with Crippen molar-refractivity contribution in [3.8, 4) is 5.69 Å². The van der Waals surface area contributed by atoms with Gasteiger partial charge in [0.25, 0.3) is 5.56 Å². The molecule has 0 saturated carbocycles. The fourth-order valence-electron chi connectivity index (χ4n) is 3.79. The number of aryl methyl sites for hydroxylation is 1. The lowest BCUT2D eigenvalue weighted by molar-refractivity contribution is 0.545. The van der Waals surface area contributed by atoms with Crippen LogP contribution in [0.15, 0.2) is 59.7 Å². The van der Waals surface area contributed by atoms with Gasteiger partial charge in [-0.1, -0.05) is 43.8 Å². The summed E-state index contributed by atoms with van der Waals surface area (Å²) in [5, 5.41) is 8.70. The topological polar surface area (TPSA) is 87.6 Å². The van der Waals surface area contributed by atoms with Gasteiger partial charge in [0.1, 0.15) is 17.0 Å². The van der Waals surface area contributed by atoms with Crippen molar-refractivity contribution in [1.29, 1.82) is 0 Å². The summed E-state index contributed by atoms with van der Waals surface area (Å²) in [5.41, 5.74) is 2.31. The number of benzene rings is 2. The largest absolute Gasteiger partial charge is 0.373 e. The van der Waals surface area contributed by atoms with E-state index >= 15 is 0 Å². The number of nitrogens with zero attached hydrogens (tertiary/aromatic N) is 3. The number of nitrogens with one attached hydrogen (secondary N) is 3. The van der Waals surface area contributed by atoms with Crippen molar-refractivity contribution >= 4 is 23.3 Å². The van der Waals surface area contributed by atoms with Crippen molar-refractivity contribution in [1.82, 2.24) is 30.2 Å². The Labute approximate surface area is 180 Å². The first-order chi connectivity index (χ1) is 15.0. The molecule has 7 heteroatoms. The average molecular weight is 415 g/mol. The summed E-state index contributed by atoms with van der Waals surface area (Å²) in [6.45, 7) is 7.99. The summed E-state index contributed by atoms with van der Waals surface area (Å²) in [7, 11) is 1.82. The molecule has 158 valence electrons. The predicted molar refractivity (Wildman–Crippen MR) is 124 cm³/mol. The van der Waals surface area contributed by atoms with Crippen molar-refractivity contribution in [2.45, 2.75) is 26.3 Å². The van der Waals surface area contributed by atoms with Crippen LogP contribution in [-0.4, -0.2) is 26.6 Å². The van der Waals surface area contributed by atoms with Gasteiger partial charge in [0.15, 0.2) is 0 Å². The zero-order valence-electron chi connectivity index (χ0n) is 17.9. The van der Waals surface area contributed by atoms with E-state index in [4.69, 9.17) is 4.98 Å². The van der Waals surface area contributed by atoms with Gasteiger partial charge in [-0.3, -0.25) is 9.36 Å². The van der Waals surface area contributed by atoms with Crippen molar-refractivity contribution < 1.29 is 0 Å². The van der Waals surface area contributed by atoms with E-state index in [-0.39, 0.29) is 11.6 Å². The summed E-state index contributed by atoms with van der Waals surface area (Å²) >= 11 is 0. The Morgan fingerprint density at radius 1 is 1.19 bits per heavy atom. The second kappa shape index (κ2) is 8.47. The molecule has 2 heterocycles. The third-order valence-corrected chi connectivity index (χ3v) is 5.39. The SMILES string of the molecule is C=c1[nH]cn/c1=C(/NC)NC(CC)c1nc2cccc(C)c2c(=O)n1-c1ccccc1. The zero-order valence-corrected chi connectivity index (χ0v) is 17.9. The molecule has 0 fully saturated rings. The smallest absolute Gasteiger partial charge is 0.266 e. The van der Waals surface area contributed by atoms with Crippen molar-refractivity contribution in [2.75, 3.05) is 7.05 Å². The predicted octanol–water partition coefficient (Wildman–Crippen LogP) is 1.85. The fourth-order valence-corrected chi connectivity index (χ4v) is 3.79. The minimum atomic E-state index is -0.239. The van der Waals surface area contributed by atoms with Gasteiger partial charge in [-0.25, -0.2) is 9.97 Å². The summed E-state index contributed by atoms with van der Waals surface area (Å²) in [4.78, 5) is 26.0. The number of imidazole rings is 1. The van der Waals surface area contributed by atoms with Gasteiger partial charge in [-0.05, 0) is 37.1 Å². The molecule has 0 aliphatic rings. The molecule has 31 heavy (non-hydrogen) atoms. The number of aromatic amines is 1. The van der Waals surface area contributed by atoms with Crippen LogP contribution in [0.2, 0.25) is 0 Å². The molecular weight excluding hydrogens is 388 g/mol. The lowest BCUT2D eigenvalue weighted by Crippen LogP contribution is -2.40.